The first-order chi connectivity index (χ1) is 15.8. The maximum Gasteiger partial charge on any atom is 0.325 e. The van der Waals surface area contributed by atoms with Gasteiger partial charge in [-0.25, -0.2) is 4.79 Å². The third kappa shape index (κ3) is 4.62. The Hall–Kier alpha value is -3.62. The van der Waals surface area contributed by atoms with Crippen LogP contribution in [0.3, 0.4) is 0 Å². The van der Waals surface area contributed by atoms with Crippen LogP contribution in [0.2, 0.25) is 0 Å². The van der Waals surface area contributed by atoms with Crippen LogP contribution in [-0.2, 0) is 26.5 Å². The van der Waals surface area contributed by atoms with E-state index < -0.39 is 17.5 Å². The van der Waals surface area contributed by atoms with E-state index in [-0.39, 0.29) is 24.3 Å². The molecule has 9 heteroatoms. The van der Waals surface area contributed by atoms with E-state index >= 15 is 0 Å². The molecule has 0 spiro atoms. The van der Waals surface area contributed by atoms with Crippen LogP contribution in [0.1, 0.15) is 36.7 Å². The number of urea groups is 1. The zero-order valence-corrected chi connectivity index (χ0v) is 18.8. The average molecular weight is 453 g/mol. The molecule has 33 heavy (non-hydrogen) atoms. The maximum atomic E-state index is 13.1. The Bertz CT molecular complexity index is 1040. The molecule has 0 bridgehead atoms. The smallest absolute Gasteiger partial charge is 0.325 e. The van der Waals surface area contributed by atoms with Crippen molar-refractivity contribution in [2.75, 3.05) is 19.6 Å². The van der Waals surface area contributed by atoms with Gasteiger partial charge >= 0.3 is 6.03 Å². The second-order valence-corrected chi connectivity index (χ2v) is 8.76. The minimum Gasteiger partial charge on any atom is -0.467 e. The van der Waals surface area contributed by atoms with Crippen molar-refractivity contribution in [1.82, 2.24) is 20.4 Å². The lowest BCUT2D eigenvalue weighted by Crippen LogP contribution is -2.48. The number of carbonyl (C=O) groups excluding carboxylic acids is 4. The number of likely N-dealkylation sites (tertiary alicyclic amines) is 1. The lowest BCUT2D eigenvalue weighted by atomic mass is 9.91. The summed E-state index contributed by atoms with van der Waals surface area (Å²) in [6, 6.07) is 10.3. The van der Waals surface area contributed by atoms with Gasteiger partial charge < -0.3 is 20.0 Å². The first kappa shape index (κ1) is 22.6. The van der Waals surface area contributed by atoms with Gasteiger partial charge in [-0.2, -0.15) is 0 Å². The predicted molar refractivity (Wildman–Crippen MR) is 119 cm³/mol. The van der Waals surface area contributed by atoms with Crippen molar-refractivity contribution >= 4 is 23.8 Å². The van der Waals surface area contributed by atoms with Crippen LogP contribution in [0.15, 0.2) is 47.1 Å². The molecule has 9 nitrogen and oxygen atoms in total. The molecule has 2 N–H and O–H groups in total. The normalized spacial score (nSPS) is 21.3. The molecule has 2 fully saturated rings. The number of imide groups is 1. The van der Waals surface area contributed by atoms with E-state index in [4.69, 9.17) is 4.42 Å². The maximum absolute atomic E-state index is 13.1. The monoisotopic (exact) mass is 452 g/mol. The van der Waals surface area contributed by atoms with Crippen molar-refractivity contribution in [2.45, 2.75) is 38.8 Å². The van der Waals surface area contributed by atoms with Crippen molar-refractivity contribution in [3.05, 3.63) is 59.5 Å². The lowest BCUT2D eigenvalue weighted by Gasteiger charge is -2.32. The highest BCUT2D eigenvalue weighted by Crippen LogP contribution is 2.29. The highest BCUT2D eigenvalue weighted by Gasteiger charge is 2.49. The van der Waals surface area contributed by atoms with E-state index in [0.29, 0.717) is 43.8 Å². The Morgan fingerprint density at radius 3 is 2.48 bits per heavy atom. The second-order valence-electron chi connectivity index (χ2n) is 8.76. The number of rotatable bonds is 6. The quantitative estimate of drug-likeness (QED) is 0.651. The van der Waals surface area contributed by atoms with Crippen LogP contribution < -0.4 is 10.6 Å². The van der Waals surface area contributed by atoms with Gasteiger partial charge in [0.1, 0.15) is 17.8 Å². The molecule has 2 aliphatic heterocycles. The molecule has 1 aromatic heterocycles. The predicted octanol–water partition coefficient (Wildman–Crippen LogP) is 1.91. The van der Waals surface area contributed by atoms with Gasteiger partial charge in [0.05, 0.1) is 12.8 Å². The molecule has 1 unspecified atom stereocenters. The molecular formula is C24H28N4O5. The van der Waals surface area contributed by atoms with Crippen LogP contribution in [0.4, 0.5) is 4.79 Å². The van der Waals surface area contributed by atoms with Crippen LogP contribution in [0.5, 0.6) is 0 Å². The molecule has 5 amide bonds. The van der Waals surface area contributed by atoms with Crippen molar-refractivity contribution in [1.29, 1.82) is 0 Å². The number of piperidine rings is 1. The molecule has 3 heterocycles. The molecule has 0 radical (unpaired) electrons. The summed E-state index contributed by atoms with van der Waals surface area (Å²) in [6.07, 6.45) is 2.61. The number of nitrogens with one attached hydrogen (secondary N) is 2. The molecule has 1 atom stereocenters. The van der Waals surface area contributed by atoms with E-state index in [2.05, 4.69) is 10.6 Å². The summed E-state index contributed by atoms with van der Waals surface area (Å²) in [7, 11) is 0. The number of benzene rings is 1. The van der Waals surface area contributed by atoms with Crippen molar-refractivity contribution in [2.24, 2.45) is 5.92 Å². The van der Waals surface area contributed by atoms with Gasteiger partial charge in [-0.05, 0) is 44.4 Å². The zero-order chi connectivity index (χ0) is 23.6. The molecule has 2 aliphatic rings. The lowest BCUT2D eigenvalue weighted by molar-refractivity contribution is -0.140. The highest BCUT2D eigenvalue weighted by atomic mass is 16.3. The van der Waals surface area contributed by atoms with Gasteiger partial charge in [0, 0.05) is 19.0 Å². The Labute approximate surface area is 192 Å². The third-order valence-corrected chi connectivity index (χ3v) is 6.43. The molecule has 2 saturated heterocycles. The number of amides is 5. The third-order valence-electron chi connectivity index (χ3n) is 6.43. The van der Waals surface area contributed by atoms with Crippen molar-refractivity contribution in [3.8, 4) is 0 Å². The molecule has 174 valence electrons. The summed E-state index contributed by atoms with van der Waals surface area (Å²) in [6.45, 7) is 4.40. The zero-order valence-electron chi connectivity index (χ0n) is 18.8. The largest absolute Gasteiger partial charge is 0.467 e. The fourth-order valence-corrected chi connectivity index (χ4v) is 4.28. The fraction of sp³-hybridized carbons (Fsp3) is 0.417. The SMILES string of the molecule is Cc1ccc(C2(C)NC(=O)N(CC(=O)N3CCC(C(=O)NCc4ccco4)CC3)C2=O)cc1. The fourth-order valence-electron chi connectivity index (χ4n) is 4.28. The molecule has 0 saturated carbocycles. The van der Waals surface area contributed by atoms with Crippen LogP contribution in [0, 0.1) is 12.8 Å². The van der Waals surface area contributed by atoms with Gasteiger partial charge in [0.2, 0.25) is 11.8 Å². The van der Waals surface area contributed by atoms with Crippen LogP contribution in [0.25, 0.3) is 0 Å². The van der Waals surface area contributed by atoms with E-state index in [1.165, 1.54) is 0 Å². The molecule has 4 rings (SSSR count). The Morgan fingerprint density at radius 2 is 1.85 bits per heavy atom. The number of hydrogen-bond acceptors (Lipinski definition) is 5. The summed E-state index contributed by atoms with van der Waals surface area (Å²) in [5.41, 5.74) is 0.511. The minimum absolute atomic E-state index is 0.0681. The topological polar surface area (TPSA) is 112 Å². The van der Waals surface area contributed by atoms with Gasteiger partial charge in [0.25, 0.3) is 5.91 Å². The second kappa shape index (κ2) is 9.09. The average Bonchev–Trinajstić information content (AvgIpc) is 3.41. The molecule has 0 aliphatic carbocycles. The van der Waals surface area contributed by atoms with Crippen LogP contribution >= 0.6 is 0 Å². The molecular weight excluding hydrogens is 424 g/mol. The Kier molecular flexibility index (Phi) is 6.22. The first-order valence-corrected chi connectivity index (χ1v) is 11.1. The summed E-state index contributed by atoms with van der Waals surface area (Å²) in [5.74, 6) is -0.327. The van der Waals surface area contributed by atoms with Gasteiger partial charge in [-0.1, -0.05) is 29.8 Å². The highest BCUT2D eigenvalue weighted by molar-refractivity contribution is 6.09. The van der Waals surface area contributed by atoms with E-state index in [1.54, 1.807) is 42.4 Å². The standard InChI is InChI=1S/C24H28N4O5/c1-16-5-7-18(8-6-16)24(2)22(31)28(23(32)26-24)15-20(29)27-11-9-17(10-12-27)21(30)25-14-19-4-3-13-33-19/h3-8,13,17H,9-12,14-15H2,1-2H3,(H,25,30)(H,26,32). The minimum atomic E-state index is -1.20. The molecule has 2 aromatic rings. The number of aryl methyl sites for hydroxylation is 1. The molecule has 1 aromatic carbocycles. The van der Waals surface area contributed by atoms with Gasteiger partial charge in [0.15, 0.2) is 0 Å². The van der Waals surface area contributed by atoms with Crippen molar-refractivity contribution in [3.63, 3.8) is 0 Å². The van der Waals surface area contributed by atoms with E-state index in [1.807, 2.05) is 19.1 Å². The first-order valence-electron chi connectivity index (χ1n) is 11.1. The van der Waals surface area contributed by atoms with Gasteiger partial charge in [-0.15, -0.1) is 0 Å². The summed E-state index contributed by atoms with van der Waals surface area (Å²) >= 11 is 0. The number of nitrogens with zero attached hydrogens (tertiary/aromatic N) is 2. The number of furan rings is 1. The number of carbonyl (C=O) groups is 4. The number of hydrogen-bond donors (Lipinski definition) is 2. The van der Waals surface area contributed by atoms with E-state index in [9.17, 15) is 19.2 Å². The van der Waals surface area contributed by atoms with E-state index in [0.717, 1.165) is 10.5 Å². The Morgan fingerprint density at radius 1 is 1.15 bits per heavy atom. The summed E-state index contributed by atoms with van der Waals surface area (Å²) in [4.78, 5) is 53.4. The summed E-state index contributed by atoms with van der Waals surface area (Å²) < 4.78 is 5.22. The van der Waals surface area contributed by atoms with Crippen molar-refractivity contribution < 1.29 is 23.6 Å². The van der Waals surface area contributed by atoms with Crippen LogP contribution in [-0.4, -0.2) is 53.2 Å². The van der Waals surface area contributed by atoms with Gasteiger partial charge in [-0.3, -0.25) is 19.3 Å². The Balaban J connectivity index is 1.30. The summed E-state index contributed by atoms with van der Waals surface area (Å²) in [5, 5.41) is 5.58.